The van der Waals surface area contributed by atoms with E-state index in [1.165, 1.54) is 0 Å². The Balaban J connectivity index is 2.77. The molecule has 0 saturated carbocycles. The van der Waals surface area contributed by atoms with Gasteiger partial charge in [0.15, 0.2) is 0 Å². The summed E-state index contributed by atoms with van der Waals surface area (Å²) in [6.45, 7) is 9.11. The van der Waals surface area contributed by atoms with Gasteiger partial charge in [0.05, 0.1) is 0 Å². The van der Waals surface area contributed by atoms with Crippen molar-refractivity contribution in [2.75, 3.05) is 37.4 Å². The van der Waals surface area contributed by atoms with Crippen molar-refractivity contribution in [3.05, 3.63) is 11.4 Å². The van der Waals surface area contributed by atoms with Gasteiger partial charge in [-0.3, -0.25) is 0 Å². The fourth-order valence-electron chi connectivity index (χ4n) is 1.73. The maximum atomic E-state index is 5.51. The van der Waals surface area contributed by atoms with Crippen molar-refractivity contribution >= 4 is 11.6 Å². The Morgan fingerprint density at radius 1 is 1.21 bits per heavy atom. The first-order chi connectivity index (χ1) is 9.12. The van der Waals surface area contributed by atoms with Crippen LogP contribution in [0.25, 0.3) is 0 Å². The highest BCUT2D eigenvalue weighted by molar-refractivity contribution is 5.56. The molecule has 1 rings (SSSR count). The van der Waals surface area contributed by atoms with Gasteiger partial charge in [-0.2, -0.15) is 0 Å². The van der Waals surface area contributed by atoms with Crippen molar-refractivity contribution in [1.82, 2.24) is 14.9 Å². The second-order valence-electron chi connectivity index (χ2n) is 4.68. The van der Waals surface area contributed by atoms with Crippen LogP contribution in [0.2, 0.25) is 0 Å². The molecule has 0 aliphatic rings. The molecular weight excluding hydrogens is 240 g/mol. The molecule has 0 atom stereocenters. The average molecular weight is 266 g/mol. The van der Waals surface area contributed by atoms with Gasteiger partial charge < -0.3 is 15.6 Å². The van der Waals surface area contributed by atoms with Crippen LogP contribution in [-0.4, -0.2) is 41.5 Å². The smallest absolute Gasteiger partial charge is 0.148 e. The third kappa shape index (κ3) is 4.65. The molecule has 0 fully saturated rings. The van der Waals surface area contributed by atoms with Gasteiger partial charge in [0.2, 0.25) is 0 Å². The molecule has 0 aromatic carbocycles. The monoisotopic (exact) mass is 266 g/mol. The number of likely N-dealkylation sites (N-methyl/N-ethyl adjacent to an activating group) is 1. The summed E-state index contributed by atoms with van der Waals surface area (Å²) in [6, 6.07) is 0. The first-order valence-corrected chi connectivity index (χ1v) is 6.88. The standard InChI is InChI=1S/C13H26N6/c1-5-7-11-16-12(10(3)13(17-11)18-14)15-8-9-19(4)6-2/h5-9,14H2,1-4H3,(H2,15,16,17,18). The number of anilines is 2. The fraction of sp³-hybridized carbons (Fsp3) is 0.692. The van der Waals surface area contributed by atoms with Crippen LogP contribution in [0.1, 0.15) is 31.7 Å². The van der Waals surface area contributed by atoms with Crippen molar-refractivity contribution < 1.29 is 0 Å². The Kier molecular flexibility index (Phi) is 6.52. The first kappa shape index (κ1) is 15.7. The van der Waals surface area contributed by atoms with Crippen LogP contribution in [0.3, 0.4) is 0 Å². The van der Waals surface area contributed by atoms with Crippen LogP contribution < -0.4 is 16.6 Å². The van der Waals surface area contributed by atoms with E-state index in [1.807, 2.05) is 6.92 Å². The molecule has 19 heavy (non-hydrogen) atoms. The number of nitrogens with one attached hydrogen (secondary N) is 2. The van der Waals surface area contributed by atoms with Crippen molar-refractivity contribution in [3.63, 3.8) is 0 Å². The molecule has 0 aliphatic heterocycles. The van der Waals surface area contributed by atoms with E-state index in [0.717, 1.165) is 49.7 Å². The van der Waals surface area contributed by atoms with E-state index < -0.39 is 0 Å². The first-order valence-electron chi connectivity index (χ1n) is 6.88. The number of hydrogen-bond acceptors (Lipinski definition) is 6. The van der Waals surface area contributed by atoms with E-state index in [2.05, 4.69) is 46.5 Å². The molecule has 6 heteroatoms. The summed E-state index contributed by atoms with van der Waals surface area (Å²) in [5, 5.41) is 3.36. The van der Waals surface area contributed by atoms with Crippen LogP contribution in [0.4, 0.5) is 11.6 Å². The van der Waals surface area contributed by atoms with Gasteiger partial charge in [0.25, 0.3) is 0 Å². The molecule has 0 saturated heterocycles. The molecule has 1 aromatic rings. The Labute approximate surface area is 115 Å². The topological polar surface area (TPSA) is 79.1 Å². The predicted molar refractivity (Wildman–Crippen MR) is 80.2 cm³/mol. The van der Waals surface area contributed by atoms with Gasteiger partial charge in [-0.05, 0) is 26.9 Å². The van der Waals surface area contributed by atoms with E-state index >= 15 is 0 Å². The lowest BCUT2D eigenvalue weighted by molar-refractivity contribution is 0.367. The van der Waals surface area contributed by atoms with Gasteiger partial charge >= 0.3 is 0 Å². The van der Waals surface area contributed by atoms with Crippen LogP contribution in [0, 0.1) is 6.92 Å². The molecule has 0 aliphatic carbocycles. The van der Waals surface area contributed by atoms with E-state index in [-0.39, 0.29) is 0 Å². The SMILES string of the molecule is CCCc1nc(NN)c(C)c(NCCN(C)CC)n1. The highest BCUT2D eigenvalue weighted by atomic mass is 15.3. The highest BCUT2D eigenvalue weighted by Gasteiger charge is 2.09. The summed E-state index contributed by atoms with van der Waals surface area (Å²) in [4.78, 5) is 11.2. The highest BCUT2D eigenvalue weighted by Crippen LogP contribution is 2.19. The summed E-state index contributed by atoms with van der Waals surface area (Å²) in [7, 11) is 2.10. The Bertz CT molecular complexity index is 393. The minimum atomic E-state index is 0.699. The molecule has 0 spiro atoms. The minimum absolute atomic E-state index is 0.699. The lowest BCUT2D eigenvalue weighted by Crippen LogP contribution is -2.25. The van der Waals surface area contributed by atoms with Gasteiger partial charge in [0, 0.05) is 25.1 Å². The average Bonchev–Trinajstić information content (AvgIpc) is 2.41. The number of nitrogens with zero attached hydrogens (tertiary/aromatic N) is 3. The molecule has 1 heterocycles. The summed E-state index contributed by atoms with van der Waals surface area (Å²) in [6.07, 6.45) is 1.88. The maximum Gasteiger partial charge on any atom is 0.148 e. The molecule has 1 aromatic heterocycles. The van der Waals surface area contributed by atoms with Crippen molar-refractivity contribution in [2.45, 2.75) is 33.6 Å². The second kappa shape index (κ2) is 7.91. The third-order valence-corrected chi connectivity index (χ3v) is 3.13. The molecule has 0 bridgehead atoms. The number of aryl methyl sites for hydroxylation is 1. The van der Waals surface area contributed by atoms with Gasteiger partial charge in [-0.1, -0.05) is 13.8 Å². The molecule has 4 N–H and O–H groups in total. The molecule has 0 unspecified atom stereocenters. The van der Waals surface area contributed by atoms with E-state index in [1.54, 1.807) is 0 Å². The molecule has 0 amide bonds. The van der Waals surface area contributed by atoms with Crippen molar-refractivity contribution in [3.8, 4) is 0 Å². The van der Waals surface area contributed by atoms with Crippen LogP contribution in [0.5, 0.6) is 0 Å². The summed E-state index contributed by atoms with van der Waals surface area (Å²) >= 11 is 0. The van der Waals surface area contributed by atoms with Gasteiger partial charge in [0.1, 0.15) is 17.5 Å². The number of rotatable bonds is 8. The zero-order valence-electron chi connectivity index (χ0n) is 12.5. The normalized spacial score (nSPS) is 10.8. The zero-order chi connectivity index (χ0) is 14.3. The minimum Gasteiger partial charge on any atom is -0.368 e. The number of hydrogen-bond donors (Lipinski definition) is 3. The number of nitrogens with two attached hydrogens (primary N) is 1. The zero-order valence-corrected chi connectivity index (χ0v) is 12.5. The van der Waals surface area contributed by atoms with Crippen LogP contribution in [0.15, 0.2) is 0 Å². The number of aromatic nitrogens is 2. The van der Waals surface area contributed by atoms with Crippen molar-refractivity contribution in [1.29, 1.82) is 0 Å². The lowest BCUT2D eigenvalue weighted by Gasteiger charge is -2.16. The summed E-state index contributed by atoms with van der Waals surface area (Å²) in [5.41, 5.74) is 3.60. The van der Waals surface area contributed by atoms with Gasteiger partial charge in [-0.15, -0.1) is 0 Å². The lowest BCUT2D eigenvalue weighted by atomic mass is 10.2. The van der Waals surface area contributed by atoms with Gasteiger partial charge in [-0.25, -0.2) is 15.8 Å². The van der Waals surface area contributed by atoms with Crippen molar-refractivity contribution in [2.24, 2.45) is 5.84 Å². The summed E-state index contributed by atoms with van der Waals surface area (Å²) < 4.78 is 0. The Hall–Kier alpha value is -1.40. The molecular formula is C13H26N6. The molecule has 6 nitrogen and oxygen atoms in total. The maximum absolute atomic E-state index is 5.51. The third-order valence-electron chi connectivity index (χ3n) is 3.13. The van der Waals surface area contributed by atoms with E-state index in [0.29, 0.717) is 5.82 Å². The molecule has 108 valence electrons. The predicted octanol–water partition coefficient (Wildman–Crippen LogP) is 1.39. The number of hydrazine groups is 1. The fourth-order valence-corrected chi connectivity index (χ4v) is 1.73. The summed E-state index contributed by atoms with van der Waals surface area (Å²) in [5.74, 6) is 7.90. The van der Waals surface area contributed by atoms with E-state index in [4.69, 9.17) is 5.84 Å². The number of nitrogen functional groups attached to an aromatic ring is 1. The van der Waals surface area contributed by atoms with E-state index in [9.17, 15) is 0 Å². The molecule has 0 radical (unpaired) electrons. The van der Waals surface area contributed by atoms with Crippen LogP contribution >= 0.6 is 0 Å². The quantitative estimate of drug-likeness (QED) is 0.487. The Morgan fingerprint density at radius 2 is 1.89 bits per heavy atom. The Morgan fingerprint density at radius 3 is 2.47 bits per heavy atom. The second-order valence-corrected chi connectivity index (χ2v) is 4.68. The largest absolute Gasteiger partial charge is 0.368 e. The van der Waals surface area contributed by atoms with Crippen LogP contribution in [-0.2, 0) is 6.42 Å².